The molecule has 16 heavy (non-hydrogen) atoms. The molecule has 0 aliphatic carbocycles. The van der Waals surface area contributed by atoms with Crippen LogP contribution in [-0.2, 0) is 4.79 Å². The molecule has 0 spiro atoms. The molecule has 1 N–H and O–H groups in total. The highest BCUT2D eigenvalue weighted by Gasteiger charge is 1.99. The Morgan fingerprint density at radius 3 is 2.94 bits per heavy atom. The number of hydrogen-bond donors (Lipinski definition) is 1. The zero-order valence-corrected chi connectivity index (χ0v) is 10.0. The minimum absolute atomic E-state index is 0.0432. The predicted octanol–water partition coefficient (Wildman–Crippen LogP) is 2.50. The number of carbonyl (C=O) groups excluding carboxylic acids is 1. The van der Waals surface area contributed by atoms with E-state index in [1.807, 2.05) is 24.3 Å². The maximum atomic E-state index is 10.6. The van der Waals surface area contributed by atoms with Crippen molar-refractivity contribution in [2.24, 2.45) is 0 Å². The largest absolute Gasteiger partial charge is 0.495 e. The lowest BCUT2D eigenvalue weighted by molar-refractivity contribution is -0.118. The third-order valence-corrected chi connectivity index (χ3v) is 2.27. The quantitative estimate of drug-likeness (QED) is 0.877. The summed E-state index contributed by atoms with van der Waals surface area (Å²) in [5.41, 5.74) is 0.978. The van der Waals surface area contributed by atoms with Gasteiger partial charge in [0.15, 0.2) is 0 Å². The van der Waals surface area contributed by atoms with Gasteiger partial charge in [-0.3, -0.25) is 4.79 Å². The number of rotatable bonds is 4. The minimum Gasteiger partial charge on any atom is -0.495 e. The summed E-state index contributed by atoms with van der Waals surface area (Å²) in [5, 5.41) is 3.26. The highest BCUT2D eigenvalue weighted by Crippen LogP contribution is 2.25. The van der Waals surface area contributed by atoms with Crippen molar-refractivity contribution in [3.05, 3.63) is 34.9 Å². The molecule has 0 atom stereocenters. The van der Waals surface area contributed by atoms with Crippen LogP contribution >= 0.6 is 11.6 Å². The summed E-state index contributed by atoms with van der Waals surface area (Å²) < 4.78 is 5.09. The number of carbonyl (C=O) groups is 1. The van der Waals surface area contributed by atoms with Gasteiger partial charge < -0.3 is 10.1 Å². The monoisotopic (exact) mass is 239 g/mol. The Balaban J connectivity index is 2.63. The second-order valence-corrected chi connectivity index (χ2v) is 3.64. The molecule has 0 fully saturated rings. The summed E-state index contributed by atoms with van der Waals surface area (Å²) in [7, 11) is 1.58. The fraction of sp³-hybridized carbons (Fsp3) is 0.250. The maximum absolute atomic E-state index is 10.6. The second kappa shape index (κ2) is 6.18. The van der Waals surface area contributed by atoms with Gasteiger partial charge in [0.1, 0.15) is 5.75 Å². The molecule has 0 heterocycles. The van der Waals surface area contributed by atoms with Gasteiger partial charge in [0.25, 0.3) is 0 Å². The topological polar surface area (TPSA) is 38.3 Å². The molecule has 0 radical (unpaired) electrons. The molecule has 0 unspecified atom stereocenters. The van der Waals surface area contributed by atoms with Crippen molar-refractivity contribution in [1.82, 2.24) is 5.32 Å². The molecule has 1 amide bonds. The molecule has 1 rings (SSSR count). The Morgan fingerprint density at radius 2 is 2.31 bits per heavy atom. The van der Waals surface area contributed by atoms with Gasteiger partial charge in [-0.2, -0.15) is 0 Å². The van der Waals surface area contributed by atoms with Crippen molar-refractivity contribution in [2.75, 3.05) is 13.7 Å². The summed E-state index contributed by atoms with van der Waals surface area (Å²) in [6, 6.07) is 5.50. The summed E-state index contributed by atoms with van der Waals surface area (Å²) in [4.78, 5) is 10.6. The summed E-state index contributed by atoms with van der Waals surface area (Å²) >= 11 is 5.89. The summed E-state index contributed by atoms with van der Waals surface area (Å²) in [6.45, 7) is 2.00. The minimum atomic E-state index is -0.0432. The Labute approximate surface area is 100 Å². The Bertz CT molecular complexity index is 402. The fourth-order valence-electron chi connectivity index (χ4n) is 1.18. The first-order valence-corrected chi connectivity index (χ1v) is 5.26. The van der Waals surface area contributed by atoms with Crippen LogP contribution < -0.4 is 10.1 Å². The predicted molar refractivity (Wildman–Crippen MR) is 65.7 cm³/mol. The van der Waals surface area contributed by atoms with Crippen LogP contribution in [0.2, 0.25) is 5.02 Å². The van der Waals surface area contributed by atoms with Gasteiger partial charge in [-0.1, -0.05) is 29.8 Å². The molecule has 0 saturated carbocycles. The van der Waals surface area contributed by atoms with E-state index in [0.717, 1.165) is 5.56 Å². The highest BCUT2D eigenvalue weighted by atomic mass is 35.5. The molecule has 3 nitrogen and oxygen atoms in total. The third kappa shape index (κ3) is 3.95. The molecular formula is C12H14ClNO2. The first kappa shape index (κ1) is 12.6. The van der Waals surface area contributed by atoms with Crippen molar-refractivity contribution < 1.29 is 9.53 Å². The number of benzene rings is 1. The van der Waals surface area contributed by atoms with Crippen LogP contribution in [0, 0.1) is 0 Å². The van der Waals surface area contributed by atoms with E-state index in [1.165, 1.54) is 6.92 Å². The lowest BCUT2D eigenvalue weighted by Gasteiger charge is -2.03. The SMILES string of the molecule is COc1cc(C=CCNC(C)=O)ccc1Cl. The molecule has 86 valence electrons. The zero-order valence-electron chi connectivity index (χ0n) is 9.29. The molecule has 1 aromatic rings. The fourth-order valence-corrected chi connectivity index (χ4v) is 1.37. The highest BCUT2D eigenvalue weighted by molar-refractivity contribution is 6.32. The molecule has 0 bridgehead atoms. The molecule has 4 heteroatoms. The number of halogens is 1. The van der Waals surface area contributed by atoms with Crippen molar-refractivity contribution in [2.45, 2.75) is 6.92 Å². The lowest BCUT2D eigenvalue weighted by Crippen LogP contribution is -2.19. The Morgan fingerprint density at radius 1 is 1.56 bits per heavy atom. The van der Waals surface area contributed by atoms with E-state index in [0.29, 0.717) is 17.3 Å². The van der Waals surface area contributed by atoms with E-state index in [4.69, 9.17) is 16.3 Å². The van der Waals surface area contributed by atoms with Crippen molar-refractivity contribution in [1.29, 1.82) is 0 Å². The zero-order chi connectivity index (χ0) is 12.0. The van der Waals surface area contributed by atoms with Crippen LogP contribution in [0.3, 0.4) is 0 Å². The van der Waals surface area contributed by atoms with Gasteiger partial charge in [-0.05, 0) is 17.7 Å². The number of ether oxygens (including phenoxy) is 1. The second-order valence-electron chi connectivity index (χ2n) is 3.23. The van der Waals surface area contributed by atoms with Gasteiger partial charge in [-0.25, -0.2) is 0 Å². The van der Waals surface area contributed by atoms with Crippen LogP contribution in [0.1, 0.15) is 12.5 Å². The molecular weight excluding hydrogens is 226 g/mol. The lowest BCUT2D eigenvalue weighted by atomic mass is 10.2. The molecule has 0 aliphatic heterocycles. The molecule has 0 aliphatic rings. The van der Waals surface area contributed by atoms with E-state index in [9.17, 15) is 4.79 Å². The molecule has 1 aromatic carbocycles. The van der Waals surface area contributed by atoms with Crippen LogP contribution in [0.15, 0.2) is 24.3 Å². The first-order valence-electron chi connectivity index (χ1n) is 4.88. The standard InChI is InChI=1S/C12H14ClNO2/c1-9(15)14-7-3-4-10-5-6-11(13)12(8-10)16-2/h3-6,8H,7H2,1-2H3,(H,14,15). The number of methoxy groups -OCH3 is 1. The van der Waals surface area contributed by atoms with Crippen molar-refractivity contribution >= 4 is 23.6 Å². The Hall–Kier alpha value is -1.48. The average molecular weight is 240 g/mol. The summed E-state index contributed by atoms with van der Waals surface area (Å²) in [5.74, 6) is 0.599. The van der Waals surface area contributed by atoms with Gasteiger partial charge >= 0.3 is 0 Å². The van der Waals surface area contributed by atoms with Crippen LogP contribution in [0.4, 0.5) is 0 Å². The van der Waals surface area contributed by atoms with Crippen molar-refractivity contribution in [3.63, 3.8) is 0 Å². The van der Waals surface area contributed by atoms with Gasteiger partial charge in [0, 0.05) is 13.5 Å². The van der Waals surface area contributed by atoms with Crippen molar-refractivity contribution in [3.8, 4) is 5.75 Å². The van der Waals surface area contributed by atoms with Crippen LogP contribution in [0.5, 0.6) is 5.75 Å². The average Bonchev–Trinajstić information content (AvgIpc) is 2.26. The van der Waals surface area contributed by atoms with Gasteiger partial charge in [0.2, 0.25) is 5.91 Å². The van der Waals surface area contributed by atoms with Gasteiger partial charge in [0.05, 0.1) is 12.1 Å². The molecule has 0 aromatic heterocycles. The van der Waals surface area contributed by atoms with E-state index in [1.54, 1.807) is 13.2 Å². The smallest absolute Gasteiger partial charge is 0.217 e. The van der Waals surface area contributed by atoms with E-state index >= 15 is 0 Å². The number of hydrogen-bond acceptors (Lipinski definition) is 2. The van der Waals surface area contributed by atoms with Gasteiger partial charge in [-0.15, -0.1) is 0 Å². The maximum Gasteiger partial charge on any atom is 0.217 e. The van der Waals surface area contributed by atoms with Crippen LogP contribution in [-0.4, -0.2) is 19.6 Å². The normalized spacial score (nSPS) is 10.4. The molecule has 0 saturated heterocycles. The first-order chi connectivity index (χ1) is 7.63. The number of amides is 1. The summed E-state index contributed by atoms with van der Waals surface area (Å²) in [6.07, 6.45) is 3.76. The Kier molecular flexibility index (Phi) is 4.86. The van der Waals surface area contributed by atoms with E-state index in [-0.39, 0.29) is 5.91 Å². The van der Waals surface area contributed by atoms with E-state index in [2.05, 4.69) is 5.32 Å². The van der Waals surface area contributed by atoms with Crippen LogP contribution in [0.25, 0.3) is 6.08 Å². The number of nitrogens with one attached hydrogen (secondary N) is 1. The van der Waals surface area contributed by atoms with E-state index < -0.39 is 0 Å². The third-order valence-electron chi connectivity index (χ3n) is 1.95.